The van der Waals surface area contributed by atoms with Crippen molar-refractivity contribution in [1.29, 1.82) is 0 Å². The van der Waals surface area contributed by atoms with E-state index in [1.54, 1.807) is 7.11 Å². The summed E-state index contributed by atoms with van der Waals surface area (Å²) < 4.78 is 10.5. The van der Waals surface area contributed by atoms with Gasteiger partial charge in [-0.3, -0.25) is 0 Å². The molecule has 106 valence electrons. The van der Waals surface area contributed by atoms with Crippen LogP contribution in [-0.2, 0) is 15.9 Å². The fourth-order valence-electron chi connectivity index (χ4n) is 2.91. The predicted octanol–water partition coefficient (Wildman–Crippen LogP) is 2.49. The van der Waals surface area contributed by atoms with Crippen LogP contribution in [0.3, 0.4) is 0 Å². The van der Waals surface area contributed by atoms with E-state index < -0.39 is 0 Å². The minimum absolute atomic E-state index is 0.119. The van der Waals surface area contributed by atoms with Crippen molar-refractivity contribution in [2.45, 2.75) is 37.6 Å². The number of methoxy groups -OCH3 is 1. The predicted molar refractivity (Wildman–Crippen MR) is 77.4 cm³/mol. The minimum Gasteiger partial charge on any atom is -0.382 e. The van der Waals surface area contributed by atoms with Crippen LogP contribution in [0.2, 0.25) is 0 Å². The highest BCUT2D eigenvalue weighted by Crippen LogP contribution is 2.34. The van der Waals surface area contributed by atoms with Crippen molar-refractivity contribution in [2.75, 3.05) is 26.9 Å². The molecule has 0 amide bonds. The van der Waals surface area contributed by atoms with Gasteiger partial charge >= 0.3 is 0 Å². The molecule has 3 nitrogen and oxygen atoms in total. The zero-order valence-corrected chi connectivity index (χ0v) is 11.8. The molecule has 0 heterocycles. The summed E-state index contributed by atoms with van der Waals surface area (Å²) in [5.74, 6) is 0.603. The topological polar surface area (TPSA) is 44.5 Å². The monoisotopic (exact) mass is 263 g/mol. The first-order valence-electron chi connectivity index (χ1n) is 7.21. The molecule has 2 rings (SSSR count). The second kappa shape index (κ2) is 7.63. The van der Waals surface area contributed by atoms with Gasteiger partial charge in [0.05, 0.1) is 19.8 Å². The second-order valence-corrected chi connectivity index (χ2v) is 5.35. The molecule has 1 aromatic rings. The molecule has 0 aliphatic heterocycles. The lowest BCUT2D eigenvalue weighted by Crippen LogP contribution is -2.30. The highest BCUT2D eigenvalue weighted by atomic mass is 16.5. The number of benzene rings is 1. The van der Waals surface area contributed by atoms with Crippen molar-refractivity contribution in [3.8, 4) is 0 Å². The molecule has 0 saturated heterocycles. The Morgan fingerprint density at radius 1 is 1.32 bits per heavy atom. The van der Waals surface area contributed by atoms with Crippen LogP contribution in [0.15, 0.2) is 24.3 Å². The Kier molecular flexibility index (Phi) is 5.83. The Morgan fingerprint density at radius 3 is 3.00 bits per heavy atom. The zero-order valence-electron chi connectivity index (χ0n) is 11.8. The van der Waals surface area contributed by atoms with Crippen molar-refractivity contribution in [3.05, 3.63) is 35.4 Å². The molecular formula is C16H25NO2. The summed E-state index contributed by atoms with van der Waals surface area (Å²) in [4.78, 5) is 0. The number of fused-ring (bicyclic) bond motifs is 1. The summed E-state index contributed by atoms with van der Waals surface area (Å²) in [6, 6.07) is 8.90. The van der Waals surface area contributed by atoms with Gasteiger partial charge in [0.25, 0.3) is 0 Å². The highest BCUT2D eigenvalue weighted by molar-refractivity contribution is 5.32. The molecule has 1 aromatic carbocycles. The number of nitrogens with two attached hydrogens (primary N) is 1. The zero-order chi connectivity index (χ0) is 13.5. The van der Waals surface area contributed by atoms with Gasteiger partial charge in [-0.25, -0.2) is 0 Å². The lowest BCUT2D eigenvalue weighted by atomic mass is 9.80. The Balaban J connectivity index is 1.83. The Morgan fingerprint density at radius 2 is 2.16 bits per heavy atom. The van der Waals surface area contributed by atoms with Crippen LogP contribution in [0.1, 0.15) is 36.3 Å². The molecule has 1 aliphatic carbocycles. The van der Waals surface area contributed by atoms with E-state index in [9.17, 15) is 0 Å². The molecule has 2 unspecified atom stereocenters. The third kappa shape index (κ3) is 4.30. The fraction of sp³-hybridized carbons (Fsp3) is 0.625. The van der Waals surface area contributed by atoms with E-state index >= 15 is 0 Å². The second-order valence-electron chi connectivity index (χ2n) is 5.35. The van der Waals surface area contributed by atoms with E-state index in [0.29, 0.717) is 25.7 Å². The Labute approximate surface area is 116 Å². The quantitative estimate of drug-likeness (QED) is 0.769. The smallest absolute Gasteiger partial charge is 0.0701 e. The average molecular weight is 263 g/mol. The van der Waals surface area contributed by atoms with Crippen molar-refractivity contribution in [1.82, 2.24) is 0 Å². The average Bonchev–Trinajstić information content (AvgIpc) is 2.44. The normalized spacial score (nSPS) is 20.0. The number of aryl methyl sites for hydroxylation is 1. The number of hydrogen-bond donors (Lipinski definition) is 1. The summed E-state index contributed by atoms with van der Waals surface area (Å²) >= 11 is 0. The van der Waals surface area contributed by atoms with Gasteiger partial charge in [0.1, 0.15) is 0 Å². The van der Waals surface area contributed by atoms with Crippen LogP contribution < -0.4 is 5.73 Å². The summed E-state index contributed by atoms with van der Waals surface area (Å²) in [6.07, 6.45) is 4.76. The van der Waals surface area contributed by atoms with E-state index in [1.165, 1.54) is 30.4 Å². The fourth-order valence-corrected chi connectivity index (χ4v) is 2.91. The molecule has 19 heavy (non-hydrogen) atoms. The van der Waals surface area contributed by atoms with Crippen LogP contribution in [0.4, 0.5) is 0 Å². The third-order valence-electron chi connectivity index (χ3n) is 3.84. The summed E-state index contributed by atoms with van der Waals surface area (Å²) in [7, 11) is 1.68. The van der Waals surface area contributed by atoms with E-state index in [4.69, 9.17) is 15.2 Å². The summed E-state index contributed by atoms with van der Waals surface area (Å²) in [6.45, 7) is 1.90. The van der Waals surface area contributed by atoms with Crippen LogP contribution in [0.5, 0.6) is 0 Å². The van der Waals surface area contributed by atoms with Gasteiger partial charge in [-0.15, -0.1) is 0 Å². The maximum absolute atomic E-state index is 6.18. The Bertz CT molecular complexity index is 381. The lowest BCUT2D eigenvalue weighted by Gasteiger charge is -2.27. The highest BCUT2D eigenvalue weighted by Gasteiger charge is 2.21. The van der Waals surface area contributed by atoms with Crippen molar-refractivity contribution in [3.63, 3.8) is 0 Å². The Hall–Kier alpha value is -0.900. The standard InChI is InChI=1S/C16H25NO2/c1-18-9-10-19-12-15(17)11-14-7-4-6-13-5-2-3-8-16(13)14/h2-3,5,8,14-15H,4,6-7,9-12,17H2,1H3. The van der Waals surface area contributed by atoms with Crippen molar-refractivity contribution < 1.29 is 9.47 Å². The minimum atomic E-state index is 0.119. The largest absolute Gasteiger partial charge is 0.382 e. The maximum atomic E-state index is 6.18. The van der Waals surface area contributed by atoms with Crippen LogP contribution in [-0.4, -0.2) is 33.0 Å². The lowest BCUT2D eigenvalue weighted by molar-refractivity contribution is 0.0616. The molecule has 0 radical (unpaired) electrons. The molecule has 0 saturated carbocycles. The maximum Gasteiger partial charge on any atom is 0.0701 e. The van der Waals surface area contributed by atoms with E-state index in [1.807, 2.05) is 0 Å². The molecule has 0 bridgehead atoms. The summed E-state index contributed by atoms with van der Waals surface area (Å²) in [5, 5.41) is 0. The van der Waals surface area contributed by atoms with Gasteiger partial charge in [-0.05, 0) is 42.7 Å². The molecule has 0 aromatic heterocycles. The van der Waals surface area contributed by atoms with E-state index in [-0.39, 0.29) is 6.04 Å². The first-order chi connectivity index (χ1) is 9.31. The number of ether oxygens (including phenoxy) is 2. The third-order valence-corrected chi connectivity index (χ3v) is 3.84. The van der Waals surface area contributed by atoms with Gasteiger partial charge in [0, 0.05) is 13.2 Å². The molecule has 1 aliphatic rings. The van der Waals surface area contributed by atoms with E-state index in [0.717, 1.165) is 6.42 Å². The number of hydrogen-bond acceptors (Lipinski definition) is 3. The SMILES string of the molecule is COCCOCC(N)CC1CCCc2ccccc21. The molecule has 2 atom stereocenters. The van der Waals surface area contributed by atoms with Crippen LogP contribution in [0, 0.1) is 0 Å². The molecule has 3 heteroatoms. The summed E-state index contributed by atoms with van der Waals surface area (Å²) in [5.41, 5.74) is 9.18. The molecule has 0 spiro atoms. The van der Waals surface area contributed by atoms with E-state index in [2.05, 4.69) is 24.3 Å². The first-order valence-corrected chi connectivity index (χ1v) is 7.21. The van der Waals surface area contributed by atoms with Crippen molar-refractivity contribution >= 4 is 0 Å². The first kappa shape index (κ1) is 14.5. The van der Waals surface area contributed by atoms with Gasteiger partial charge in [0.15, 0.2) is 0 Å². The van der Waals surface area contributed by atoms with Crippen LogP contribution in [0.25, 0.3) is 0 Å². The molecule has 2 N–H and O–H groups in total. The molecule has 0 fully saturated rings. The number of rotatable bonds is 7. The van der Waals surface area contributed by atoms with Gasteiger partial charge in [-0.2, -0.15) is 0 Å². The van der Waals surface area contributed by atoms with Crippen LogP contribution >= 0.6 is 0 Å². The molecular weight excluding hydrogens is 238 g/mol. The van der Waals surface area contributed by atoms with Gasteiger partial charge < -0.3 is 15.2 Å². The van der Waals surface area contributed by atoms with Crippen molar-refractivity contribution in [2.24, 2.45) is 5.73 Å². The van der Waals surface area contributed by atoms with Gasteiger partial charge in [-0.1, -0.05) is 24.3 Å². The van der Waals surface area contributed by atoms with Gasteiger partial charge in [0.2, 0.25) is 0 Å².